The number of carbonyl (C=O) groups excluding carboxylic acids is 1. The van der Waals surface area contributed by atoms with Gasteiger partial charge in [0.15, 0.2) is 0 Å². The Balaban J connectivity index is 1.86. The SMILES string of the molecule is CCc1ccc(CC(=O)CSc2ccccc2Cl)s1. The van der Waals surface area contributed by atoms with Gasteiger partial charge in [-0.15, -0.1) is 23.1 Å². The van der Waals surface area contributed by atoms with Crippen molar-refractivity contribution in [3.8, 4) is 0 Å². The highest BCUT2D eigenvalue weighted by Crippen LogP contribution is 2.27. The van der Waals surface area contributed by atoms with Gasteiger partial charge in [-0.1, -0.05) is 30.7 Å². The summed E-state index contributed by atoms with van der Waals surface area (Å²) in [4.78, 5) is 15.4. The van der Waals surface area contributed by atoms with E-state index in [-0.39, 0.29) is 5.78 Å². The summed E-state index contributed by atoms with van der Waals surface area (Å²) in [6.07, 6.45) is 1.56. The molecule has 0 aliphatic carbocycles. The fraction of sp³-hybridized carbons (Fsp3) is 0.267. The van der Waals surface area contributed by atoms with Gasteiger partial charge in [0, 0.05) is 21.1 Å². The molecule has 0 N–H and O–H groups in total. The van der Waals surface area contributed by atoms with Crippen LogP contribution in [0.15, 0.2) is 41.3 Å². The number of Topliss-reactive ketones (excluding diaryl/α,β-unsaturated/α-hetero) is 1. The minimum absolute atomic E-state index is 0.245. The van der Waals surface area contributed by atoms with Gasteiger partial charge < -0.3 is 0 Å². The van der Waals surface area contributed by atoms with Gasteiger partial charge in [0.25, 0.3) is 0 Å². The van der Waals surface area contributed by atoms with Crippen LogP contribution in [0.3, 0.4) is 0 Å². The third kappa shape index (κ3) is 4.37. The van der Waals surface area contributed by atoms with Crippen molar-refractivity contribution in [2.75, 3.05) is 5.75 Å². The number of benzene rings is 1. The maximum absolute atomic E-state index is 11.9. The molecule has 0 saturated heterocycles. The summed E-state index contributed by atoms with van der Waals surface area (Å²) >= 11 is 9.30. The molecule has 1 heterocycles. The van der Waals surface area contributed by atoms with Crippen molar-refractivity contribution in [1.29, 1.82) is 0 Å². The molecule has 1 aromatic heterocycles. The first-order valence-electron chi connectivity index (χ1n) is 6.15. The van der Waals surface area contributed by atoms with Crippen molar-refractivity contribution in [2.45, 2.75) is 24.7 Å². The minimum Gasteiger partial charge on any atom is -0.298 e. The van der Waals surface area contributed by atoms with Gasteiger partial charge in [-0.25, -0.2) is 0 Å². The maximum Gasteiger partial charge on any atom is 0.148 e. The largest absolute Gasteiger partial charge is 0.298 e. The van der Waals surface area contributed by atoms with E-state index in [4.69, 9.17) is 11.6 Å². The molecule has 0 bridgehead atoms. The molecule has 19 heavy (non-hydrogen) atoms. The average molecular weight is 311 g/mol. The maximum atomic E-state index is 11.9. The van der Waals surface area contributed by atoms with Gasteiger partial charge >= 0.3 is 0 Å². The molecule has 1 aromatic carbocycles. The van der Waals surface area contributed by atoms with Gasteiger partial charge in [0.05, 0.1) is 10.8 Å². The first-order valence-corrected chi connectivity index (χ1v) is 8.33. The molecule has 100 valence electrons. The molecule has 0 unspecified atom stereocenters. The van der Waals surface area contributed by atoms with E-state index in [9.17, 15) is 4.79 Å². The monoisotopic (exact) mass is 310 g/mol. The summed E-state index contributed by atoms with van der Waals surface area (Å²) in [6.45, 7) is 2.13. The number of carbonyl (C=O) groups is 1. The molecule has 1 nitrogen and oxygen atoms in total. The van der Waals surface area contributed by atoms with Gasteiger partial charge in [0.1, 0.15) is 5.78 Å². The highest BCUT2D eigenvalue weighted by Gasteiger charge is 2.08. The second kappa shape index (κ2) is 7.13. The first-order chi connectivity index (χ1) is 9.19. The lowest BCUT2D eigenvalue weighted by Gasteiger charge is -2.02. The number of aryl methyl sites for hydroxylation is 1. The molecular formula is C15H15ClOS2. The van der Waals surface area contributed by atoms with Crippen LogP contribution in [0.1, 0.15) is 16.7 Å². The molecule has 2 aromatic rings. The van der Waals surface area contributed by atoms with E-state index in [0.29, 0.717) is 17.2 Å². The summed E-state index contributed by atoms with van der Waals surface area (Å²) in [6, 6.07) is 11.8. The molecule has 0 radical (unpaired) electrons. The minimum atomic E-state index is 0.245. The van der Waals surface area contributed by atoms with E-state index in [2.05, 4.69) is 19.1 Å². The Hall–Kier alpha value is -0.770. The van der Waals surface area contributed by atoms with E-state index in [1.807, 2.05) is 24.3 Å². The molecule has 0 aliphatic rings. The predicted molar refractivity (Wildman–Crippen MR) is 84.6 cm³/mol. The van der Waals surface area contributed by atoms with Crippen LogP contribution in [-0.4, -0.2) is 11.5 Å². The summed E-state index contributed by atoms with van der Waals surface area (Å²) in [5.74, 6) is 0.720. The summed E-state index contributed by atoms with van der Waals surface area (Å²) in [5, 5.41) is 0.713. The van der Waals surface area contributed by atoms with Crippen molar-refractivity contribution in [3.63, 3.8) is 0 Å². The van der Waals surface area contributed by atoms with Crippen LogP contribution in [-0.2, 0) is 17.6 Å². The highest BCUT2D eigenvalue weighted by atomic mass is 35.5. The molecule has 0 spiro atoms. The standard InChI is InChI=1S/C15H15ClOS2/c1-2-12-7-8-13(19-12)9-11(17)10-18-15-6-4-3-5-14(15)16/h3-8H,2,9-10H2,1H3. The number of rotatable bonds is 6. The highest BCUT2D eigenvalue weighted by molar-refractivity contribution is 8.00. The lowest BCUT2D eigenvalue weighted by molar-refractivity contribution is -0.115. The Labute approximate surface area is 127 Å². The zero-order chi connectivity index (χ0) is 13.7. The number of hydrogen-bond donors (Lipinski definition) is 0. The molecule has 0 saturated carbocycles. The number of ketones is 1. The number of hydrogen-bond acceptors (Lipinski definition) is 3. The van der Waals surface area contributed by atoms with Crippen molar-refractivity contribution < 1.29 is 4.79 Å². The van der Waals surface area contributed by atoms with Gasteiger partial charge in [-0.3, -0.25) is 4.79 Å². The summed E-state index contributed by atoms with van der Waals surface area (Å²) in [5.41, 5.74) is 0. The summed E-state index contributed by atoms with van der Waals surface area (Å²) < 4.78 is 0. The topological polar surface area (TPSA) is 17.1 Å². The van der Waals surface area contributed by atoms with Crippen LogP contribution in [0.2, 0.25) is 5.02 Å². The molecule has 2 rings (SSSR count). The Morgan fingerprint density at radius 2 is 1.95 bits per heavy atom. The Morgan fingerprint density at radius 3 is 2.63 bits per heavy atom. The van der Waals surface area contributed by atoms with Crippen LogP contribution < -0.4 is 0 Å². The quantitative estimate of drug-likeness (QED) is 0.708. The molecule has 0 atom stereocenters. The summed E-state index contributed by atoms with van der Waals surface area (Å²) in [7, 11) is 0. The number of halogens is 1. The normalized spacial score (nSPS) is 10.6. The molecule has 4 heteroatoms. The fourth-order valence-corrected chi connectivity index (χ4v) is 3.76. The van der Waals surface area contributed by atoms with Crippen molar-refractivity contribution in [1.82, 2.24) is 0 Å². The van der Waals surface area contributed by atoms with E-state index in [1.165, 1.54) is 16.6 Å². The van der Waals surface area contributed by atoms with Gasteiger partial charge in [0.2, 0.25) is 0 Å². The zero-order valence-electron chi connectivity index (χ0n) is 10.7. The average Bonchev–Trinajstić information content (AvgIpc) is 2.85. The zero-order valence-corrected chi connectivity index (χ0v) is 13.1. The van der Waals surface area contributed by atoms with Crippen molar-refractivity contribution >= 4 is 40.5 Å². The Morgan fingerprint density at radius 1 is 1.21 bits per heavy atom. The smallest absolute Gasteiger partial charge is 0.148 e. The number of thioether (sulfide) groups is 1. The molecule has 0 aliphatic heterocycles. The van der Waals surface area contributed by atoms with Crippen molar-refractivity contribution in [2.24, 2.45) is 0 Å². The lowest BCUT2D eigenvalue weighted by Crippen LogP contribution is -2.04. The Bertz CT molecular complexity index is 563. The molecule has 0 fully saturated rings. The van der Waals surface area contributed by atoms with Crippen LogP contribution in [0.4, 0.5) is 0 Å². The van der Waals surface area contributed by atoms with Gasteiger partial charge in [-0.2, -0.15) is 0 Å². The van der Waals surface area contributed by atoms with Crippen LogP contribution in [0.25, 0.3) is 0 Å². The number of thiophene rings is 1. The molecular weight excluding hydrogens is 296 g/mol. The van der Waals surface area contributed by atoms with E-state index in [1.54, 1.807) is 11.3 Å². The van der Waals surface area contributed by atoms with Crippen LogP contribution >= 0.6 is 34.7 Å². The second-order valence-electron chi connectivity index (χ2n) is 4.16. The molecule has 0 amide bonds. The predicted octanol–water partition coefficient (Wildman–Crippen LogP) is 4.87. The third-order valence-electron chi connectivity index (χ3n) is 2.66. The van der Waals surface area contributed by atoms with E-state index < -0.39 is 0 Å². The van der Waals surface area contributed by atoms with Gasteiger partial charge in [-0.05, 0) is 30.7 Å². The lowest BCUT2D eigenvalue weighted by atomic mass is 10.2. The van der Waals surface area contributed by atoms with E-state index in [0.717, 1.165) is 16.2 Å². The first kappa shape index (κ1) is 14.6. The van der Waals surface area contributed by atoms with Crippen molar-refractivity contribution in [3.05, 3.63) is 51.2 Å². The van der Waals surface area contributed by atoms with E-state index >= 15 is 0 Å². The third-order valence-corrected chi connectivity index (χ3v) is 5.47. The fourth-order valence-electron chi connectivity index (χ4n) is 1.67. The van der Waals surface area contributed by atoms with Crippen LogP contribution in [0, 0.1) is 0 Å². The van der Waals surface area contributed by atoms with Crippen LogP contribution in [0.5, 0.6) is 0 Å². The Kier molecular flexibility index (Phi) is 5.49. The second-order valence-corrected chi connectivity index (χ2v) is 6.83.